The van der Waals surface area contributed by atoms with Crippen molar-refractivity contribution in [1.82, 2.24) is 0 Å². The van der Waals surface area contributed by atoms with Crippen molar-refractivity contribution in [2.24, 2.45) is 23.7 Å². The smallest absolute Gasteiger partial charge is 0.333 e. The Balaban J connectivity index is 1.70. The first-order valence-corrected chi connectivity index (χ1v) is 12.7. The zero-order valence-corrected chi connectivity index (χ0v) is 20.0. The van der Waals surface area contributed by atoms with Crippen molar-refractivity contribution in [3.8, 4) is 0 Å². The predicted octanol–water partition coefficient (Wildman–Crippen LogP) is 5.30. The van der Waals surface area contributed by atoms with Crippen LogP contribution in [0, 0.1) is 23.7 Å². The molecule has 0 radical (unpaired) electrons. The number of carbonyl (C=O) groups excluding carboxylic acids is 1. The van der Waals surface area contributed by atoms with E-state index in [1.165, 1.54) is 64.2 Å². The van der Waals surface area contributed by atoms with Crippen molar-refractivity contribution < 1.29 is 24.1 Å². The average molecular weight is 439 g/mol. The van der Waals surface area contributed by atoms with Gasteiger partial charge in [0.25, 0.3) is 0 Å². The third kappa shape index (κ3) is 10.0. The van der Waals surface area contributed by atoms with Gasteiger partial charge >= 0.3 is 5.97 Å². The van der Waals surface area contributed by atoms with Gasteiger partial charge in [-0.2, -0.15) is 0 Å². The van der Waals surface area contributed by atoms with Gasteiger partial charge in [-0.3, -0.25) is 0 Å². The molecule has 2 aliphatic carbocycles. The maximum absolute atomic E-state index is 11.8. The number of hydrogen-bond donors (Lipinski definition) is 1. The number of carbonyl (C=O) groups is 1. The summed E-state index contributed by atoms with van der Waals surface area (Å²) >= 11 is 0. The van der Waals surface area contributed by atoms with Crippen molar-refractivity contribution in [2.75, 3.05) is 33.0 Å². The van der Waals surface area contributed by atoms with Gasteiger partial charge in [0.05, 0.1) is 32.5 Å². The van der Waals surface area contributed by atoms with Gasteiger partial charge in [0, 0.05) is 18.1 Å². The minimum Gasteiger partial charge on any atom is -0.462 e. The van der Waals surface area contributed by atoms with Crippen LogP contribution in [-0.2, 0) is 19.0 Å². The molecular weight excluding hydrogens is 392 g/mol. The van der Waals surface area contributed by atoms with Crippen LogP contribution in [0.1, 0.15) is 84.5 Å². The van der Waals surface area contributed by atoms with Gasteiger partial charge in [-0.05, 0) is 76.0 Å². The minimum absolute atomic E-state index is 0.0231. The van der Waals surface area contributed by atoms with Crippen LogP contribution in [0.4, 0.5) is 0 Å². The van der Waals surface area contributed by atoms with Crippen LogP contribution >= 0.6 is 0 Å². The number of rotatable bonds is 14. The molecule has 2 rings (SSSR count). The summed E-state index contributed by atoms with van der Waals surface area (Å²) < 4.78 is 17.0. The van der Waals surface area contributed by atoms with Crippen LogP contribution in [0.2, 0.25) is 0 Å². The Morgan fingerprint density at radius 2 is 1.65 bits per heavy atom. The van der Waals surface area contributed by atoms with E-state index in [1.54, 1.807) is 6.92 Å². The van der Waals surface area contributed by atoms with E-state index in [1.807, 2.05) is 0 Å². The third-order valence-corrected chi connectivity index (χ3v) is 7.18. The fourth-order valence-corrected chi connectivity index (χ4v) is 5.30. The average Bonchev–Trinajstić information content (AvgIpc) is 2.78. The van der Waals surface area contributed by atoms with Crippen LogP contribution in [0.15, 0.2) is 12.2 Å². The van der Waals surface area contributed by atoms with Crippen molar-refractivity contribution in [2.45, 2.75) is 90.6 Å². The second kappa shape index (κ2) is 15.0. The Morgan fingerprint density at radius 3 is 2.23 bits per heavy atom. The summed E-state index contributed by atoms with van der Waals surface area (Å²) in [5.41, 5.74) is 0.431. The number of aliphatic hydroxyl groups excluding tert-OH is 1. The molecule has 0 aliphatic heterocycles. The van der Waals surface area contributed by atoms with Gasteiger partial charge in [-0.25, -0.2) is 4.79 Å². The lowest BCUT2D eigenvalue weighted by Gasteiger charge is -2.38. The molecule has 0 spiro atoms. The molecule has 2 saturated carbocycles. The Labute approximate surface area is 189 Å². The molecule has 2 aliphatic rings. The van der Waals surface area contributed by atoms with Crippen LogP contribution in [0.5, 0.6) is 0 Å². The first kappa shape index (κ1) is 26.3. The first-order chi connectivity index (χ1) is 15.0. The normalized spacial score (nSPS) is 27.6. The topological polar surface area (TPSA) is 65.0 Å². The van der Waals surface area contributed by atoms with Crippen LogP contribution in [0.25, 0.3) is 0 Å². The largest absolute Gasteiger partial charge is 0.462 e. The van der Waals surface area contributed by atoms with Gasteiger partial charge in [0.15, 0.2) is 0 Å². The summed E-state index contributed by atoms with van der Waals surface area (Å²) in [4.78, 5) is 11.8. The number of esters is 1. The molecule has 0 aromatic heterocycles. The highest BCUT2D eigenvalue weighted by atomic mass is 16.5. The Morgan fingerprint density at radius 1 is 1.00 bits per heavy atom. The van der Waals surface area contributed by atoms with Gasteiger partial charge in [0.1, 0.15) is 0 Å². The highest BCUT2D eigenvalue weighted by Gasteiger charge is 2.32. The van der Waals surface area contributed by atoms with Gasteiger partial charge in [0.2, 0.25) is 0 Å². The van der Waals surface area contributed by atoms with Crippen LogP contribution in [-0.4, -0.2) is 50.2 Å². The van der Waals surface area contributed by atoms with Crippen molar-refractivity contribution in [3.63, 3.8) is 0 Å². The quantitative estimate of drug-likeness (QED) is 0.226. The zero-order chi connectivity index (χ0) is 22.5. The maximum atomic E-state index is 11.8. The Bertz CT molecular complexity index is 504. The van der Waals surface area contributed by atoms with Gasteiger partial charge in [-0.15, -0.1) is 0 Å². The van der Waals surface area contributed by atoms with Crippen LogP contribution in [0.3, 0.4) is 0 Å². The van der Waals surface area contributed by atoms with E-state index in [9.17, 15) is 4.79 Å². The summed E-state index contributed by atoms with van der Waals surface area (Å²) in [5, 5.41) is 8.98. The number of ether oxygens (including phenoxy) is 3. The van der Waals surface area contributed by atoms with Crippen molar-refractivity contribution in [3.05, 3.63) is 12.2 Å². The number of unbranched alkanes of at least 4 members (excludes halogenated alkanes) is 1. The van der Waals surface area contributed by atoms with Crippen molar-refractivity contribution >= 4 is 5.97 Å². The maximum Gasteiger partial charge on any atom is 0.333 e. The Hall–Kier alpha value is -0.910. The highest BCUT2D eigenvalue weighted by molar-refractivity contribution is 5.86. The summed E-state index contributed by atoms with van der Waals surface area (Å²) in [6, 6.07) is 0. The highest BCUT2D eigenvalue weighted by Crippen LogP contribution is 2.42. The summed E-state index contributed by atoms with van der Waals surface area (Å²) in [5.74, 6) is 2.29. The van der Waals surface area contributed by atoms with E-state index in [-0.39, 0.29) is 18.5 Å². The summed E-state index contributed by atoms with van der Waals surface area (Å²) in [6.45, 7) is 9.74. The van der Waals surface area contributed by atoms with E-state index >= 15 is 0 Å². The predicted molar refractivity (Wildman–Crippen MR) is 124 cm³/mol. The van der Waals surface area contributed by atoms with Crippen LogP contribution < -0.4 is 0 Å². The molecule has 2 fully saturated rings. The summed E-state index contributed by atoms with van der Waals surface area (Å²) in [6.07, 6.45) is 14.3. The second-order valence-corrected chi connectivity index (χ2v) is 9.82. The molecule has 0 heterocycles. The second-order valence-electron chi connectivity index (χ2n) is 9.82. The molecule has 0 saturated heterocycles. The minimum atomic E-state index is -0.329. The van der Waals surface area contributed by atoms with E-state index in [0.717, 1.165) is 24.9 Å². The fraction of sp³-hybridized carbons (Fsp3) is 0.885. The molecule has 0 aromatic rings. The lowest BCUT2D eigenvalue weighted by atomic mass is 9.69. The number of hydrogen-bond acceptors (Lipinski definition) is 5. The lowest BCUT2D eigenvalue weighted by molar-refractivity contribution is -0.141. The monoisotopic (exact) mass is 438 g/mol. The molecule has 0 bridgehead atoms. The Kier molecular flexibility index (Phi) is 12.8. The molecule has 180 valence electrons. The van der Waals surface area contributed by atoms with E-state index in [4.69, 9.17) is 19.3 Å². The first-order valence-electron chi connectivity index (χ1n) is 12.7. The molecular formula is C26H46O5. The van der Waals surface area contributed by atoms with Gasteiger partial charge in [-0.1, -0.05) is 32.8 Å². The molecule has 1 N–H and O–H groups in total. The molecule has 1 atom stereocenters. The molecule has 31 heavy (non-hydrogen) atoms. The molecule has 0 amide bonds. The third-order valence-electron chi connectivity index (χ3n) is 7.18. The van der Waals surface area contributed by atoms with Crippen molar-refractivity contribution in [1.29, 1.82) is 0 Å². The lowest BCUT2D eigenvalue weighted by Crippen LogP contribution is -2.30. The molecule has 5 heteroatoms. The van der Waals surface area contributed by atoms with E-state index < -0.39 is 0 Å². The molecule has 5 nitrogen and oxygen atoms in total. The standard InChI is InChI=1S/C26H46O5/c1-4-5-15-30-25-12-10-24(11-13-25)23-8-6-21(7-9-23)17-22(18-29-16-14-27)19-31-26(28)20(2)3/h21-25,27H,2,4-19H2,1,3H3. The summed E-state index contributed by atoms with van der Waals surface area (Å²) in [7, 11) is 0. The van der Waals surface area contributed by atoms with E-state index in [2.05, 4.69) is 13.5 Å². The fourth-order valence-electron chi connectivity index (χ4n) is 5.30. The molecule has 0 aromatic carbocycles. The van der Waals surface area contributed by atoms with Gasteiger partial charge < -0.3 is 19.3 Å². The molecule has 1 unspecified atom stereocenters. The van der Waals surface area contributed by atoms with E-state index in [0.29, 0.717) is 37.4 Å². The number of aliphatic hydroxyl groups is 1. The SMILES string of the molecule is C=C(C)C(=O)OCC(COCCO)CC1CCC(C2CCC(OCCCC)CC2)CC1. The zero-order valence-electron chi connectivity index (χ0n) is 20.0.